The van der Waals surface area contributed by atoms with Crippen LogP contribution >= 0.6 is 11.8 Å². The van der Waals surface area contributed by atoms with Crippen molar-refractivity contribution in [2.45, 2.75) is 36.0 Å². The highest BCUT2D eigenvalue weighted by Gasteiger charge is 2.16. The molecule has 1 aromatic carbocycles. The first kappa shape index (κ1) is 13.7. The molecule has 1 aliphatic rings. The van der Waals surface area contributed by atoms with Crippen LogP contribution in [-0.2, 0) is 0 Å². The van der Waals surface area contributed by atoms with Gasteiger partial charge in [0.25, 0.3) is 0 Å². The van der Waals surface area contributed by atoms with E-state index < -0.39 is 0 Å². The van der Waals surface area contributed by atoms with Crippen molar-refractivity contribution in [3.05, 3.63) is 48.9 Å². The van der Waals surface area contributed by atoms with Crippen molar-refractivity contribution >= 4 is 22.8 Å². The van der Waals surface area contributed by atoms with Crippen LogP contribution in [0.1, 0.15) is 25.7 Å². The first-order chi connectivity index (χ1) is 10.9. The molecule has 2 heterocycles. The first-order valence-electron chi connectivity index (χ1n) is 7.72. The van der Waals surface area contributed by atoms with Crippen LogP contribution in [0.4, 0.5) is 0 Å². The van der Waals surface area contributed by atoms with E-state index >= 15 is 0 Å². The van der Waals surface area contributed by atoms with Crippen molar-refractivity contribution in [1.82, 2.24) is 15.0 Å². The predicted octanol–water partition coefficient (Wildman–Crippen LogP) is 4.73. The van der Waals surface area contributed by atoms with Crippen LogP contribution in [0.3, 0.4) is 0 Å². The molecule has 0 aliphatic heterocycles. The van der Waals surface area contributed by atoms with Gasteiger partial charge in [-0.25, -0.2) is 4.98 Å². The molecule has 0 atom stereocenters. The molecule has 110 valence electrons. The number of hydrogen-bond donors (Lipinski definition) is 0. The molecular weight excluding hydrogens is 290 g/mol. The summed E-state index contributed by atoms with van der Waals surface area (Å²) in [6.45, 7) is 0. The number of rotatable bonds is 3. The number of nitrogens with zero attached hydrogens (tertiary/aromatic N) is 3. The van der Waals surface area contributed by atoms with Gasteiger partial charge in [0.05, 0.1) is 16.1 Å². The highest BCUT2D eigenvalue weighted by molar-refractivity contribution is 7.99. The summed E-state index contributed by atoms with van der Waals surface area (Å²) in [7, 11) is 0. The summed E-state index contributed by atoms with van der Waals surface area (Å²) in [5.41, 5.74) is 4.23. The second kappa shape index (κ2) is 6.05. The first-order valence-corrected chi connectivity index (χ1v) is 8.60. The number of thioether (sulfide) groups is 1. The number of fused-ring (bicyclic) bond motifs is 1. The smallest absolute Gasteiger partial charge is 0.0968 e. The molecule has 0 amide bonds. The van der Waals surface area contributed by atoms with E-state index in [9.17, 15) is 0 Å². The molecule has 0 saturated heterocycles. The molecule has 0 N–H and O–H groups in total. The second-order valence-corrected chi connectivity index (χ2v) is 6.99. The molecule has 1 fully saturated rings. The average molecular weight is 307 g/mol. The Morgan fingerprint density at radius 3 is 2.41 bits per heavy atom. The summed E-state index contributed by atoms with van der Waals surface area (Å²) in [4.78, 5) is 13.2. The van der Waals surface area contributed by atoms with Crippen LogP contribution < -0.4 is 0 Å². The summed E-state index contributed by atoms with van der Waals surface area (Å²) >= 11 is 1.92. The largest absolute Gasteiger partial charge is 0.253 e. The van der Waals surface area contributed by atoms with Gasteiger partial charge in [0.2, 0.25) is 0 Å². The minimum absolute atomic E-state index is 0.741. The van der Waals surface area contributed by atoms with Gasteiger partial charge in [-0.15, -0.1) is 11.8 Å². The Hall–Kier alpha value is -1.94. The lowest BCUT2D eigenvalue weighted by molar-refractivity contribution is 0.886. The van der Waals surface area contributed by atoms with Crippen LogP contribution in [0.5, 0.6) is 0 Å². The van der Waals surface area contributed by atoms with Crippen molar-refractivity contribution in [3.63, 3.8) is 0 Å². The van der Waals surface area contributed by atoms with Gasteiger partial charge in [0.15, 0.2) is 0 Å². The van der Waals surface area contributed by atoms with Crippen LogP contribution in [-0.4, -0.2) is 20.2 Å². The Kier molecular flexibility index (Phi) is 3.77. The molecule has 1 aliphatic carbocycles. The molecular formula is C18H17N3S. The third-order valence-electron chi connectivity index (χ3n) is 4.13. The highest BCUT2D eigenvalue weighted by Crippen LogP contribution is 2.35. The molecule has 4 heteroatoms. The monoisotopic (exact) mass is 307 g/mol. The van der Waals surface area contributed by atoms with Gasteiger partial charge in [0, 0.05) is 23.8 Å². The van der Waals surface area contributed by atoms with Gasteiger partial charge in [-0.3, -0.25) is 9.97 Å². The SMILES string of the molecule is c1cc(-c2ccc3nccnc3c2)cc(SC2CCCC2)n1. The molecule has 3 aromatic rings. The minimum atomic E-state index is 0.741. The quantitative estimate of drug-likeness (QED) is 0.701. The van der Waals surface area contributed by atoms with Gasteiger partial charge in [-0.05, 0) is 48.2 Å². The zero-order chi connectivity index (χ0) is 14.8. The minimum Gasteiger partial charge on any atom is -0.253 e. The molecule has 3 nitrogen and oxygen atoms in total. The lowest BCUT2D eigenvalue weighted by Gasteiger charge is -2.09. The Labute approximate surface area is 134 Å². The molecule has 0 unspecified atom stereocenters. The number of hydrogen-bond acceptors (Lipinski definition) is 4. The van der Waals surface area contributed by atoms with Gasteiger partial charge < -0.3 is 0 Å². The van der Waals surface area contributed by atoms with E-state index in [1.807, 2.05) is 24.0 Å². The summed E-state index contributed by atoms with van der Waals surface area (Å²) < 4.78 is 0. The molecule has 2 aromatic heterocycles. The fourth-order valence-electron chi connectivity index (χ4n) is 2.97. The van der Waals surface area contributed by atoms with Gasteiger partial charge in [0.1, 0.15) is 0 Å². The summed E-state index contributed by atoms with van der Waals surface area (Å²) in [5.74, 6) is 0. The molecule has 1 saturated carbocycles. The second-order valence-electron chi connectivity index (χ2n) is 5.67. The van der Waals surface area contributed by atoms with E-state index in [1.165, 1.54) is 36.8 Å². The zero-order valence-corrected chi connectivity index (χ0v) is 13.1. The normalized spacial score (nSPS) is 15.5. The summed E-state index contributed by atoms with van der Waals surface area (Å²) in [6.07, 6.45) is 10.7. The predicted molar refractivity (Wildman–Crippen MR) is 90.9 cm³/mol. The number of pyridine rings is 1. The van der Waals surface area contributed by atoms with Crippen LogP contribution in [0.2, 0.25) is 0 Å². The van der Waals surface area contributed by atoms with Crippen molar-refractivity contribution in [2.75, 3.05) is 0 Å². The summed E-state index contributed by atoms with van der Waals surface area (Å²) in [5, 5.41) is 1.87. The van der Waals surface area contributed by atoms with Crippen LogP contribution in [0.15, 0.2) is 53.9 Å². The van der Waals surface area contributed by atoms with Crippen molar-refractivity contribution in [1.29, 1.82) is 0 Å². The Balaban J connectivity index is 1.65. The lowest BCUT2D eigenvalue weighted by atomic mass is 10.1. The molecule has 4 rings (SSSR count). The summed E-state index contributed by atoms with van der Waals surface area (Å²) in [6, 6.07) is 10.5. The maximum Gasteiger partial charge on any atom is 0.0968 e. The molecule has 0 bridgehead atoms. The average Bonchev–Trinajstić information content (AvgIpc) is 3.08. The van der Waals surface area contributed by atoms with E-state index in [2.05, 4.69) is 39.2 Å². The lowest BCUT2D eigenvalue weighted by Crippen LogP contribution is -1.94. The maximum absolute atomic E-state index is 4.53. The van der Waals surface area contributed by atoms with E-state index in [-0.39, 0.29) is 0 Å². The highest BCUT2D eigenvalue weighted by atomic mass is 32.2. The molecule has 22 heavy (non-hydrogen) atoms. The fraction of sp³-hybridized carbons (Fsp3) is 0.278. The number of benzene rings is 1. The third kappa shape index (κ3) is 2.83. The third-order valence-corrected chi connectivity index (χ3v) is 5.40. The van der Waals surface area contributed by atoms with Crippen molar-refractivity contribution in [3.8, 4) is 11.1 Å². The van der Waals surface area contributed by atoms with E-state index in [4.69, 9.17) is 0 Å². The van der Waals surface area contributed by atoms with E-state index in [0.29, 0.717) is 0 Å². The van der Waals surface area contributed by atoms with Gasteiger partial charge >= 0.3 is 0 Å². The Bertz CT molecular complexity index is 797. The van der Waals surface area contributed by atoms with Gasteiger partial charge in [-0.2, -0.15) is 0 Å². The van der Waals surface area contributed by atoms with Gasteiger partial charge in [-0.1, -0.05) is 18.9 Å². The Morgan fingerprint density at radius 1 is 0.773 bits per heavy atom. The Morgan fingerprint density at radius 2 is 1.55 bits per heavy atom. The molecule has 0 radical (unpaired) electrons. The zero-order valence-electron chi connectivity index (χ0n) is 12.3. The van der Waals surface area contributed by atoms with E-state index in [1.54, 1.807) is 12.4 Å². The maximum atomic E-state index is 4.53. The van der Waals surface area contributed by atoms with E-state index in [0.717, 1.165) is 21.3 Å². The molecule has 0 spiro atoms. The van der Waals surface area contributed by atoms with Crippen LogP contribution in [0, 0.1) is 0 Å². The van der Waals surface area contributed by atoms with Crippen LogP contribution in [0.25, 0.3) is 22.2 Å². The standard InChI is InChI=1S/C18H17N3S/c1-2-4-15(3-1)22-18-12-14(7-8-21-18)13-5-6-16-17(11-13)20-10-9-19-16/h5-12,15H,1-4H2. The van der Waals surface area contributed by atoms with Crippen molar-refractivity contribution < 1.29 is 0 Å². The fourth-order valence-corrected chi connectivity index (χ4v) is 4.20. The topological polar surface area (TPSA) is 38.7 Å². The number of aromatic nitrogens is 3. The van der Waals surface area contributed by atoms with Crippen molar-refractivity contribution in [2.24, 2.45) is 0 Å².